The number of hydrogen-bond donors (Lipinski definition) is 1. The summed E-state index contributed by atoms with van der Waals surface area (Å²) in [5.74, 6) is 0. The molecule has 0 aliphatic rings. The van der Waals surface area contributed by atoms with Crippen LogP contribution in [0.5, 0.6) is 0 Å². The highest BCUT2D eigenvalue weighted by Crippen LogP contribution is 2.08. The molecule has 2 N–H and O–H groups in total. The minimum absolute atomic E-state index is 0.275. The van der Waals surface area contributed by atoms with Crippen LogP contribution in [-0.2, 0) is 22.4 Å². The Hall–Kier alpha value is -1.05. The van der Waals surface area contributed by atoms with E-state index >= 15 is 0 Å². The highest BCUT2D eigenvalue weighted by molar-refractivity contribution is 7.80. The summed E-state index contributed by atoms with van der Waals surface area (Å²) in [6.07, 6.45) is 1.58. The van der Waals surface area contributed by atoms with Gasteiger partial charge >= 0.3 is 0 Å². The summed E-state index contributed by atoms with van der Waals surface area (Å²) in [6, 6.07) is 0. The number of ether oxygens (including phenoxy) is 2. The third-order valence-electron chi connectivity index (χ3n) is 2.48. The number of methoxy groups -OCH3 is 1. The van der Waals surface area contributed by atoms with Gasteiger partial charge in [0.05, 0.1) is 12.3 Å². The third kappa shape index (κ3) is 4.32. The SMILES string of the molecule is CCOCCCn1nnc(C(N)=S)c1CCOC. The highest BCUT2D eigenvalue weighted by atomic mass is 32.1. The lowest BCUT2D eigenvalue weighted by Gasteiger charge is -2.07. The van der Waals surface area contributed by atoms with E-state index in [0.29, 0.717) is 25.3 Å². The number of hydrogen-bond acceptors (Lipinski definition) is 5. The first-order chi connectivity index (χ1) is 8.70. The van der Waals surface area contributed by atoms with E-state index in [4.69, 9.17) is 27.4 Å². The van der Waals surface area contributed by atoms with Gasteiger partial charge in [0.1, 0.15) is 10.7 Å². The molecule has 102 valence electrons. The van der Waals surface area contributed by atoms with Gasteiger partial charge in [0.2, 0.25) is 0 Å². The van der Waals surface area contributed by atoms with E-state index in [1.165, 1.54) is 0 Å². The first-order valence-corrected chi connectivity index (χ1v) is 6.40. The smallest absolute Gasteiger partial charge is 0.143 e. The van der Waals surface area contributed by atoms with E-state index in [0.717, 1.165) is 25.3 Å². The van der Waals surface area contributed by atoms with Gasteiger partial charge in [-0.3, -0.25) is 0 Å². The number of aryl methyl sites for hydroxylation is 1. The standard InChI is InChI=1S/C11H20N4O2S/c1-3-17-7-4-6-15-9(5-8-16-2)10(11(12)18)13-14-15/h3-8H2,1-2H3,(H2,12,18). The van der Waals surface area contributed by atoms with Crippen LogP contribution in [0.3, 0.4) is 0 Å². The maximum atomic E-state index is 5.63. The summed E-state index contributed by atoms with van der Waals surface area (Å²) in [5.41, 5.74) is 7.15. The van der Waals surface area contributed by atoms with Crippen LogP contribution < -0.4 is 5.73 Å². The predicted molar refractivity (Wildman–Crippen MR) is 72.6 cm³/mol. The Morgan fingerprint density at radius 2 is 2.22 bits per heavy atom. The monoisotopic (exact) mass is 272 g/mol. The Kier molecular flexibility index (Phi) is 6.77. The molecule has 18 heavy (non-hydrogen) atoms. The summed E-state index contributed by atoms with van der Waals surface area (Å²) in [4.78, 5) is 0.275. The molecule has 1 aromatic heterocycles. The van der Waals surface area contributed by atoms with Crippen molar-refractivity contribution in [2.45, 2.75) is 26.3 Å². The normalized spacial score (nSPS) is 10.8. The zero-order valence-electron chi connectivity index (χ0n) is 10.9. The van der Waals surface area contributed by atoms with Crippen LogP contribution in [0.15, 0.2) is 0 Å². The molecular weight excluding hydrogens is 252 g/mol. The molecule has 0 saturated carbocycles. The molecule has 0 saturated heterocycles. The topological polar surface area (TPSA) is 75.2 Å². The summed E-state index contributed by atoms with van der Waals surface area (Å²) < 4.78 is 12.2. The molecule has 0 bridgehead atoms. The van der Waals surface area contributed by atoms with Crippen molar-refractivity contribution in [3.8, 4) is 0 Å². The quantitative estimate of drug-likeness (QED) is 0.522. The molecule has 0 aliphatic carbocycles. The molecule has 6 nitrogen and oxygen atoms in total. The molecule has 0 aliphatic heterocycles. The molecule has 7 heteroatoms. The van der Waals surface area contributed by atoms with Crippen molar-refractivity contribution in [1.29, 1.82) is 0 Å². The van der Waals surface area contributed by atoms with E-state index in [9.17, 15) is 0 Å². The second-order valence-electron chi connectivity index (χ2n) is 3.77. The summed E-state index contributed by atoms with van der Waals surface area (Å²) in [5, 5.41) is 8.09. The van der Waals surface area contributed by atoms with Gasteiger partial charge in [0.25, 0.3) is 0 Å². The molecular formula is C11H20N4O2S. The van der Waals surface area contributed by atoms with Crippen molar-refractivity contribution in [2.75, 3.05) is 26.9 Å². The lowest BCUT2D eigenvalue weighted by molar-refractivity contribution is 0.140. The average Bonchev–Trinajstić information content (AvgIpc) is 2.75. The van der Waals surface area contributed by atoms with Crippen LogP contribution in [0, 0.1) is 0 Å². The van der Waals surface area contributed by atoms with Gasteiger partial charge in [0.15, 0.2) is 0 Å². The molecule has 0 amide bonds. The Labute approximate surface area is 112 Å². The van der Waals surface area contributed by atoms with Crippen LogP contribution in [0.25, 0.3) is 0 Å². The summed E-state index contributed by atoms with van der Waals surface area (Å²) >= 11 is 4.96. The highest BCUT2D eigenvalue weighted by Gasteiger charge is 2.14. The number of nitrogens with zero attached hydrogens (tertiary/aromatic N) is 3. The molecule has 0 unspecified atom stereocenters. The van der Waals surface area contributed by atoms with Crippen LogP contribution in [0.1, 0.15) is 24.7 Å². The van der Waals surface area contributed by atoms with Crippen molar-refractivity contribution in [3.05, 3.63) is 11.4 Å². The Bertz CT molecular complexity index is 381. The maximum Gasteiger partial charge on any atom is 0.143 e. The van der Waals surface area contributed by atoms with Gasteiger partial charge in [0, 0.05) is 33.3 Å². The fourth-order valence-electron chi connectivity index (χ4n) is 1.61. The van der Waals surface area contributed by atoms with E-state index in [1.54, 1.807) is 7.11 Å². The molecule has 1 heterocycles. The third-order valence-corrected chi connectivity index (χ3v) is 2.67. The molecule has 0 spiro atoms. The lowest BCUT2D eigenvalue weighted by Crippen LogP contribution is -2.16. The van der Waals surface area contributed by atoms with Crippen molar-refractivity contribution >= 4 is 17.2 Å². The molecule has 1 rings (SSSR count). The minimum atomic E-state index is 0.275. The summed E-state index contributed by atoms with van der Waals surface area (Å²) in [6.45, 7) is 4.75. The van der Waals surface area contributed by atoms with Crippen molar-refractivity contribution in [1.82, 2.24) is 15.0 Å². The number of nitrogens with two attached hydrogens (primary N) is 1. The maximum absolute atomic E-state index is 5.63. The van der Waals surface area contributed by atoms with Gasteiger partial charge in [-0.25, -0.2) is 4.68 Å². The average molecular weight is 272 g/mol. The molecule has 0 aromatic carbocycles. The molecule has 0 atom stereocenters. The second-order valence-corrected chi connectivity index (χ2v) is 4.21. The zero-order valence-corrected chi connectivity index (χ0v) is 11.7. The Morgan fingerprint density at radius 1 is 1.44 bits per heavy atom. The van der Waals surface area contributed by atoms with Gasteiger partial charge in [-0.15, -0.1) is 5.10 Å². The number of rotatable bonds is 9. The largest absolute Gasteiger partial charge is 0.388 e. The van der Waals surface area contributed by atoms with E-state index in [-0.39, 0.29) is 4.99 Å². The van der Waals surface area contributed by atoms with E-state index < -0.39 is 0 Å². The van der Waals surface area contributed by atoms with Crippen LogP contribution >= 0.6 is 12.2 Å². The van der Waals surface area contributed by atoms with Crippen LogP contribution in [0.2, 0.25) is 0 Å². The Morgan fingerprint density at radius 3 is 2.83 bits per heavy atom. The first-order valence-electron chi connectivity index (χ1n) is 5.99. The van der Waals surface area contributed by atoms with E-state index in [1.807, 2.05) is 11.6 Å². The van der Waals surface area contributed by atoms with Gasteiger partial charge in [-0.05, 0) is 13.3 Å². The van der Waals surface area contributed by atoms with Crippen LogP contribution in [0.4, 0.5) is 0 Å². The number of aromatic nitrogens is 3. The summed E-state index contributed by atoms with van der Waals surface area (Å²) in [7, 11) is 1.66. The van der Waals surface area contributed by atoms with Crippen LogP contribution in [-0.4, -0.2) is 46.9 Å². The second kappa shape index (κ2) is 8.12. The van der Waals surface area contributed by atoms with Crippen molar-refractivity contribution in [3.63, 3.8) is 0 Å². The molecule has 0 radical (unpaired) electrons. The van der Waals surface area contributed by atoms with Gasteiger partial charge in [-0.1, -0.05) is 17.4 Å². The van der Waals surface area contributed by atoms with Crippen molar-refractivity contribution in [2.24, 2.45) is 5.73 Å². The molecule has 1 aromatic rings. The fraction of sp³-hybridized carbons (Fsp3) is 0.727. The van der Waals surface area contributed by atoms with Gasteiger partial charge < -0.3 is 15.2 Å². The fourth-order valence-corrected chi connectivity index (χ4v) is 1.77. The lowest BCUT2D eigenvalue weighted by atomic mass is 10.2. The number of thiocarbonyl (C=S) groups is 1. The van der Waals surface area contributed by atoms with E-state index in [2.05, 4.69) is 10.3 Å². The first kappa shape index (κ1) is 15.0. The van der Waals surface area contributed by atoms with Crippen molar-refractivity contribution < 1.29 is 9.47 Å². The van der Waals surface area contributed by atoms with Gasteiger partial charge in [-0.2, -0.15) is 0 Å². The Balaban J connectivity index is 2.67. The zero-order chi connectivity index (χ0) is 13.4. The molecule has 0 fully saturated rings. The predicted octanol–water partition coefficient (Wildman–Crippen LogP) is 0.528. The minimum Gasteiger partial charge on any atom is -0.388 e.